The molecule has 4 nitrogen and oxygen atoms in total. The van der Waals surface area contributed by atoms with Crippen LogP contribution >= 0.6 is 11.3 Å². The van der Waals surface area contributed by atoms with E-state index in [4.69, 9.17) is 9.72 Å². The lowest BCUT2D eigenvalue weighted by molar-refractivity contribution is 0.122. The molecule has 5 rings (SSSR count). The molecule has 1 saturated heterocycles. The molecular weight excluding hydrogens is 378 g/mol. The van der Waals surface area contributed by atoms with Crippen molar-refractivity contribution in [1.29, 1.82) is 0 Å². The number of rotatable bonds is 4. The van der Waals surface area contributed by atoms with Crippen molar-refractivity contribution >= 4 is 39.1 Å². The number of nitrogens with zero attached hydrogens (tertiary/aromatic N) is 3. The van der Waals surface area contributed by atoms with Gasteiger partial charge < -0.3 is 9.64 Å². The van der Waals surface area contributed by atoms with E-state index in [1.54, 1.807) is 11.3 Å². The molecule has 2 heterocycles. The van der Waals surface area contributed by atoms with Crippen LogP contribution in [0.4, 0.5) is 11.4 Å². The van der Waals surface area contributed by atoms with Gasteiger partial charge in [-0.3, -0.25) is 4.99 Å². The molecule has 0 radical (unpaired) electrons. The van der Waals surface area contributed by atoms with Crippen molar-refractivity contribution < 1.29 is 4.74 Å². The lowest BCUT2D eigenvalue weighted by atomic mass is 10.2. The second kappa shape index (κ2) is 8.15. The highest BCUT2D eigenvalue weighted by molar-refractivity contribution is 7.21. The van der Waals surface area contributed by atoms with Crippen LogP contribution in [-0.4, -0.2) is 37.5 Å². The Labute approximate surface area is 174 Å². The third kappa shape index (κ3) is 4.06. The fraction of sp³-hybridized carbons (Fsp3) is 0.167. The van der Waals surface area contributed by atoms with Gasteiger partial charge in [-0.25, -0.2) is 4.98 Å². The molecule has 3 aromatic carbocycles. The maximum Gasteiger partial charge on any atom is 0.124 e. The lowest BCUT2D eigenvalue weighted by Crippen LogP contribution is -2.36. The SMILES string of the molecule is C(=Nc1ccc(-c2nc3ccccc3s2)cc1)c1ccc(N2CCOCC2)cc1. The third-order valence-corrected chi connectivity index (χ3v) is 6.13. The van der Waals surface area contributed by atoms with E-state index < -0.39 is 0 Å². The number of aliphatic imine (C=N–C) groups is 1. The molecule has 1 aliphatic rings. The van der Waals surface area contributed by atoms with Crippen LogP contribution in [0.3, 0.4) is 0 Å². The van der Waals surface area contributed by atoms with Crippen molar-refractivity contribution in [3.63, 3.8) is 0 Å². The number of aromatic nitrogens is 1. The Bertz CT molecular complexity index is 1090. The average Bonchev–Trinajstić information content (AvgIpc) is 3.23. The molecule has 1 aromatic heterocycles. The van der Waals surface area contributed by atoms with Gasteiger partial charge in [0.1, 0.15) is 5.01 Å². The summed E-state index contributed by atoms with van der Waals surface area (Å²) in [4.78, 5) is 11.7. The van der Waals surface area contributed by atoms with E-state index in [0.717, 1.165) is 53.6 Å². The number of fused-ring (bicyclic) bond motifs is 1. The Hall–Kier alpha value is -3.02. The average molecular weight is 400 g/mol. The number of hydrogen-bond acceptors (Lipinski definition) is 5. The summed E-state index contributed by atoms with van der Waals surface area (Å²) in [7, 11) is 0. The number of morpholine rings is 1. The van der Waals surface area contributed by atoms with E-state index in [0.29, 0.717) is 0 Å². The molecule has 0 bridgehead atoms. The Morgan fingerprint density at radius 3 is 2.41 bits per heavy atom. The molecule has 4 aromatic rings. The number of anilines is 1. The molecule has 0 N–H and O–H groups in total. The minimum atomic E-state index is 0.802. The number of benzene rings is 3. The van der Waals surface area contributed by atoms with Crippen LogP contribution in [-0.2, 0) is 4.74 Å². The van der Waals surface area contributed by atoms with E-state index in [-0.39, 0.29) is 0 Å². The fourth-order valence-corrected chi connectivity index (χ4v) is 4.40. The normalized spacial score (nSPS) is 14.7. The molecule has 0 unspecified atom stereocenters. The van der Waals surface area contributed by atoms with E-state index >= 15 is 0 Å². The highest BCUT2D eigenvalue weighted by Crippen LogP contribution is 2.30. The minimum Gasteiger partial charge on any atom is -0.378 e. The van der Waals surface area contributed by atoms with Gasteiger partial charge >= 0.3 is 0 Å². The summed E-state index contributed by atoms with van der Waals surface area (Å²) in [5, 5.41) is 1.04. The predicted molar refractivity (Wildman–Crippen MR) is 122 cm³/mol. The van der Waals surface area contributed by atoms with Crippen LogP contribution in [0.15, 0.2) is 77.8 Å². The molecule has 1 aliphatic heterocycles. The van der Waals surface area contributed by atoms with Crippen LogP contribution in [0.1, 0.15) is 5.56 Å². The Morgan fingerprint density at radius 1 is 0.897 bits per heavy atom. The van der Waals surface area contributed by atoms with E-state index in [1.807, 2.05) is 24.4 Å². The summed E-state index contributed by atoms with van der Waals surface area (Å²) in [5.74, 6) is 0. The van der Waals surface area contributed by atoms with Gasteiger partial charge in [-0.15, -0.1) is 11.3 Å². The van der Waals surface area contributed by atoms with Gasteiger partial charge in [0.2, 0.25) is 0 Å². The minimum absolute atomic E-state index is 0.802. The largest absolute Gasteiger partial charge is 0.378 e. The highest BCUT2D eigenvalue weighted by atomic mass is 32.1. The number of ether oxygens (including phenoxy) is 1. The second-order valence-electron chi connectivity index (χ2n) is 6.98. The molecule has 0 aliphatic carbocycles. The van der Waals surface area contributed by atoms with Crippen molar-refractivity contribution in [1.82, 2.24) is 4.98 Å². The Balaban J connectivity index is 1.28. The first-order valence-electron chi connectivity index (χ1n) is 9.78. The van der Waals surface area contributed by atoms with Gasteiger partial charge in [0.15, 0.2) is 0 Å². The van der Waals surface area contributed by atoms with Gasteiger partial charge in [0.05, 0.1) is 29.1 Å². The maximum atomic E-state index is 5.42. The van der Waals surface area contributed by atoms with E-state index in [2.05, 4.69) is 64.5 Å². The number of thiazole rings is 1. The fourth-order valence-electron chi connectivity index (χ4n) is 3.43. The molecule has 29 heavy (non-hydrogen) atoms. The molecule has 0 saturated carbocycles. The highest BCUT2D eigenvalue weighted by Gasteiger charge is 2.10. The Morgan fingerprint density at radius 2 is 1.66 bits per heavy atom. The molecule has 0 spiro atoms. The predicted octanol–water partition coefficient (Wildman–Crippen LogP) is 5.55. The molecule has 144 valence electrons. The summed E-state index contributed by atoms with van der Waals surface area (Å²) in [6, 6.07) is 25.0. The summed E-state index contributed by atoms with van der Waals surface area (Å²) >= 11 is 1.72. The second-order valence-corrected chi connectivity index (χ2v) is 8.01. The van der Waals surface area contributed by atoms with Crippen LogP contribution < -0.4 is 4.90 Å². The molecule has 1 fully saturated rings. The number of para-hydroxylation sites is 1. The smallest absolute Gasteiger partial charge is 0.124 e. The standard InChI is InChI=1S/C24H21N3OS/c1-2-4-23-22(3-1)26-24(29-23)19-7-9-20(10-8-19)25-17-18-5-11-21(12-6-18)27-13-15-28-16-14-27/h1-12,17H,13-16H2. The van der Waals surface area contributed by atoms with Crippen molar-refractivity contribution in [2.24, 2.45) is 4.99 Å². The Kier molecular flexibility index (Phi) is 5.07. The van der Waals surface area contributed by atoms with Gasteiger partial charge in [-0.1, -0.05) is 24.3 Å². The van der Waals surface area contributed by atoms with Crippen molar-refractivity contribution in [3.8, 4) is 10.6 Å². The monoisotopic (exact) mass is 399 g/mol. The molecule has 0 amide bonds. The first-order valence-corrected chi connectivity index (χ1v) is 10.6. The summed E-state index contributed by atoms with van der Waals surface area (Å²) in [5.41, 5.74) is 5.45. The molecule has 5 heteroatoms. The third-order valence-electron chi connectivity index (χ3n) is 5.04. The zero-order valence-corrected chi connectivity index (χ0v) is 16.8. The summed E-state index contributed by atoms with van der Waals surface area (Å²) < 4.78 is 6.63. The first kappa shape index (κ1) is 18.0. The van der Waals surface area contributed by atoms with Crippen molar-refractivity contribution in [2.75, 3.05) is 31.2 Å². The van der Waals surface area contributed by atoms with Crippen molar-refractivity contribution in [3.05, 3.63) is 78.4 Å². The van der Waals surface area contributed by atoms with E-state index in [1.165, 1.54) is 10.4 Å². The molecular formula is C24H21N3OS. The quantitative estimate of drug-likeness (QED) is 0.422. The van der Waals surface area contributed by atoms with Crippen molar-refractivity contribution in [2.45, 2.75) is 0 Å². The lowest BCUT2D eigenvalue weighted by Gasteiger charge is -2.28. The molecule has 0 atom stereocenters. The van der Waals surface area contributed by atoms with Crippen LogP contribution in [0, 0.1) is 0 Å². The number of hydrogen-bond donors (Lipinski definition) is 0. The van der Waals surface area contributed by atoms with Gasteiger partial charge in [0.25, 0.3) is 0 Å². The van der Waals surface area contributed by atoms with Crippen LogP contribution in [0.2, 0.25) is 0 Å². The van der Waals surface area contributed by atoms with Gasteiger partial charge in [-0.2, -0.15) is 0 Å². The topological polar surface area (TPSA) is 37.7 Å². The zero-order valence-electron chi connectivity index (χ0n) is 16.0. The zero-order chi connectivity index (χ0) is 19.5. The summed E-state index contributed by atoms with van der Waals surface area (Å²) in [6.07, 6.45) is 1.91. The van der Waals surface area contributed by atoms with E-state index in [9.17, 15) is 0 Å². The van der Waals surface area contributed by atoms with Gasteiger partial charge in [0, 0.05) is 30.6 Å². The maximum absolute atomic E-state index is 5.42. The van der Waals surface area contributed by atoms with Gasteiger partial charge in [-0.05, 0) is 54.1 Å². The summed E-state index contributed by atoms with van der Waals surface area (Å²) in [6.45, 7) is 3.51. The first-order chi connectivity index (χ1) is 14.3. The van der Waals surface area contributed by atoms with Crippen LogP contribution in [0.5, 0.6) is 0 Å². The van der Waals surface area contributed by atoms with Crippen LogP contribution in [0.25, 0.3) is 20.8 Å².